The van der Waals surface area contributed by atoms with Crippen molar-refractivity contribution in [3.05, 3.63) is 12.7 Å². The quantitative estimate of drug-likeness (QED) is 0.720. The molecule has 0 saturated carbocycles. The Bertz CT molecular complexity index is 197. The summed E-state index contributed by atoms with van der Waals surface area (Å²) in [5.74, 6) is 0. The first kappa shape index (κ1) is 12.7. The Kier molecular flexibility index (Phi) is 4.35. The fourth-order valence-electron chi connectivity index (χ4n) is 2.16. The van der Waals surface area contributed by atoms with Gasteiger partial charge >= 0.3 is 0 Å². The lowest BCUT2D eigenvalue weighted by Gasteiger charge is -2.41. The van der Waals surface area contributed by atoms with Crippen LogP contribution in [0.25, 0.3) is 0 Å². The fourth-order valence-corrected chi connectivity index (χ4v) is 2.16. The van der Waals surface area contributed by atoms with Gasteiger partial charge in [-0.3, -0.25) is 4.90 Å². The summed E-state index contributed by atoms with van der Waals surface area (Å²) in [4.78, 5) is 2.57. The zero-order valence-electron chi connectivity index (χ0n) is 10.7. The predicted molar refractivity (Wildman–Crippen MR) is 67.1 cm³/mol. The van der Waals surface area contributed by atoms with Crippen molar-refractivity contribution in [1.82, 2.24) is 10.2 Å². The van der Waals surface area contributed by atoms with Crippen LogP contribution in [-0.4, -0.2) is 35.6 Å². The predicted octanol–water partition coefficient (Wildman–Crippen LogP) is 2.41. The van der Waals surface area contributed by atoms with Crippen LogP contribution in [0.2, 0.25) is 0 Å². The first-order valence-electron chi connectivity index (χ1n) is 6.07. The molecule has 0 aromatic carbocycles. The van der Waals surface area contributed by atoms with Gasteiger partial charge < -0.3 is 5.32 Å². The normalized spacial score (nSPS) is 22.7. The monoisotopic (exact) mass is 210 g/mol. The molecule has 88 valence electrons. The molecule has 0 bridgehead atoms. The van der Waals surface area contributed by atoms with Gasteiger partial charge in [0.2, 0.25) is 0 Å². The number of piperidine rings is 1. The second-order valence-corrected chi connectivity index (χ2v) is 5.62. The van der Waals surface area contributed by atoms with Crippen LogP contribution in [-0.2, 0) is 0 Å². The molecule has 2 nitrogen and oxygen atoms in total. The Morgan fingerprint density at radius 3 is 2.27 bits per heavy atom. The van der Waals surface area contributed by atoms with Crippen LogP contribution >= 0.6 is 0 Å². The van der Waals surface area contributed by atoms with Gasteiger partial charge in [0.25, 0.3) is 0 Å². The Hall–Kier alpha value is -0.340. The van der Waals surface area contributed by atoms with Gasteiger partial charge in [0, 0.05) is 30.7 Å². The van der Waals surface area contributed by atoms with Crippen molar-refractivity contribution in [2.24, 2.45) is 0 Å². The summed E-state index contributed by atoms with van der Waals surface area (Å²) in [7, 11) is 0. The summed E-state index contributed by atoms with van der Waals surface area (Å²) < 4.78 is 0. The Morgan fingerprint density at radius 2 is 1.87 bits per heavy atom. The SMILES string of the molecule is C=CC(C)NC1CCN(C(C)(C)C)CC1. The zero-order valence-corrected chi connectivity index (χ0v) is 10.7. The Labute approximate surface area is 94.7 Å². The van der Waals surface area contributed by atoms with E-state index in [0.717, 1.165) is 0 Å². The Balaban J connectivity index is 2.33. The van der Waals surface area contributed by atoms with Gasteiger partial charge in [-0.1, -0.05) is 6.08 Å². The largest absolute Gasteiger partial charge is 0.308 e. The summed E-state index contributed by atoms with van der Waals surface area (Å²) in [5.41, 5.74) is 0.328. The maximum absolute atomic E-state index is 3.81. The highest BCUT2D eigenvalue weighted by atomic mass is 15.2. The molecular weight excluding hydrogens is 184 g/mol. The second-order valence-electron chi connectivity index (χ2n) is 5.62. The molecule has 1 saturated heterocycles. The molecule has 0 aromatic heterocycles. The molecule has 1 N–H and O–H groups in total. The maximum Gasteiger partial charge on any atom is 0.0221 e. The van der Waals surface area contributed by atoms with E-state index < -0.39 is 0 Å². The van der Waals surface area contributed by atoms with Crippen molar-refractivity contribution in [2.45, 2.75) is 58.2 Å². The van der Waals surface area contributed by atoms with Gasteiger partial charge in [-0.15, -0.1) is 6.58 Å². The van der Waals surface area contributed by atoms with E-state index in [4.69, 9.17) is 0 Å². The molecule has 0 amide bonds. The molecule has 1 heterocycles. The summed E-state index contributed by atoms with van der Waals surface area (Å²) >= 11 is 0. The number of hydrogen-bond acceptors (Lipinski definition) is 2. The summed E-state index contributed by atoms with van der Waals surface area (Å²) in [6.07, 6.45) is 4.50. The third-order valence-electron chi connectivity index (χ3n) is 3.30. The minimum absolute atomic E-state index is 0.328. The standard InChI is InChI=1S/C13H26N2/c1-6-11(2)14-12-7-9-15(10-8-12)13(3,4)5/h6,11-12,14H,1,7-10H2,2-5H3. The van der Waals surface area contributed by atoms with Crippen LogP contribution in [0.5, 0.6) is 0 Å². The molecule has 1 aliphatic rings. The zero-order chi connectivity index (χ0) is 11.5. The molecule has 0 spiro atoms. The highest BCUT2D eigenvalue weighted by Gasteiger charge is 2.26. The molecule has 1 aliphatic heterocycles. The van der Waals surface area contributed by atoms with E-state index in [-0.39, 0.29) is 0 Å². The summed E-state index contributed by atoms with van der Waals surface area (Å²) in [6, 6.07) is 1.12. The minimum Gasteiger partial charge on any atom is -0.308 e. The van der Waals surface area contributed by atoms with Crippen LogP contribution in [0.3, 0.4) is 0 Å². The van der Waals surface area contributed by atoms with E-state index in [2.05, 4.69) is 44.5 Å². The lowest BCUT2D eigenvalue weighted by atomic mass is 9.97. The lowest BCUT2D eigenvalue weighted by Crippen LogP contribution is -2.51. The van der Waals surface area contributed by atoms with E-state index in [1.165, 1.54) is 25.9 Å². The van der Waals surface area contributed by atoms with E-state index >= 15 is 0 Å². The molecule has 0 radical (unpaired) electrons. The highest BCUT2D eigenvalue weighted by molar-refractivity contribution is 4.89. The first-order chi connectivity index (χ1) is 6.93. The van der Waals surface area contributed by atoms with Crippen LogP contribution in [0.15, 0.2) is 12.7 Å². The maximum atomic E-state index is 3.81. The van der Waals surface area contributed by atoms with Crippen molar-refractivity contribution in [3.63, 3.8) is 0 Å². The molecule has 15 heavy (non-hydrogen) atoms. The molecule has 2 heteroatoms. The molecule has 1 rings (SSSR count). The van der Waals surface area contributed by atoms with Crippen molar-refractivity contribution in [3.8, 4) is 0 Å². The average molecular weight is 210 g/mol. The number of nitrogens with one attached hydrogen (secondary N) is 1. The van der Waals surface area contributed by atoms with Crippen molar-refractivity contribution < 1.29 is 0 Å². The van der Waals surface area contributed by atoms with Crippen LogP contribution in [0, 0.1) is 0 Å². The van der Waals surface area contributed by atoms with E-state index in [1.807, 2.05) is 6.08 Å². The number of hydrogen-bond donors (Lipinski definition) is 1. The van der Waals surface area contributed by atoms with E-state index in [0.29, 0.717) is 17.6 Å². The van der Waals surface area contributed by atoms with Crippen LogP contribution in [0.4, 0.5) is 0 Å². The third kappa shape index (κ3) is 3.96. The van der Waals surface area contributed by atoms with Crippen LogP contribution < -0.4 is 5.32 Å². The van der Waals surface area contributed by atoms with E-state index in [1.54, 1.807) is 0 Å². The molecule has 1 fully saturated rings. The van der Waals surface area contributed by atoms with Gasteiger partial charge in [-0.05, 0) is 40.5 Å². The molecule has 1 atom stereocenters. The van der Waals surface area contributed by atoms with Crippen molar-refractivity contribution in [1.29, 1.82) is 0 Å². The second kappa shape index (κ2) is 5.13. The van der Waals surface area contributed by atoms with E-state index in [9.17, 15) is 0 Å². The van der Waals surface area contributed by atoms with Gasteiger partial charge in [0.1, 0.15) is 0 Å². The molecule has 1 unspecified atom stereocenters. The van der Waals surface area contributed by atoms with Crippen LogP contribution in [0.1, 0.15) is 40.5 Å². The smallest absolute Gasteiger partial charge is 0.0221 e. The third-order valence-corrected chi connectivity index (χ3v) is 3.30. The van der Waals surface area contributed by atoms with Gasteiger partial charge in [0.05, 0.1) is 0 Å². The molecule has 0 aliphatic carbocycles. The lowest BCUT2D eigenvalue weighted by molar-refractivity contribution is 0.0953. The number of nitrogens with zero attached hydrogens (tertiary/aromatic N) is 1. The topological polar surface area (TPSA) is 15.3 Å². The summed E-state index contributed by atoms with van der Waals surface area (Å²) in [6.45, 7) is 15.3. The van der Waals surface area contributed by atoms with Gasteiger partial charge in [-0.25, -0.2) is 0 Å². The fraction of sp³-hybridized carbons (Fsp3) is 0.846. The van der Waals surface area contributed by atoms with Gasteiger partial charge in [0.15, 0.2) is 0 Å². The Morgan fingerprint density at radius 1 is 1.33 bits per heavy atom. The molecule has 0 aromatic rings. The molecular formula is C13H26N2. The average Bonchev–Trinajstić information content (AvgIpc) is 2.17. The number of likely N-dealkylation sites (tertiary alicyclic amines) is 1. The van der Waals surface area contributed by atoms with Crippen molar-refractivity contribution in [2.75, 3.05) is 13.1 Å². The minimum atomic E-state index is 0.328. The van der Waals surface area contributed by atoms with Crippen molar-refractivity contribution >= 4 is 0 Å². The summed E-state index contributed by atoms with van der Waals surface area (Å²) in [5, 5.41) is 3.60. The van der Waals surface area contributed by atoms with Gasteiger partial charge in [-0.2, -0.15) is 0 Å². The first-order valence-corrected chi connectivity index (χ1v) is 6.07. The number of rotatable bonds is 3. The highest BCUT2D eigenvalue weighted by Crippen LogP contribution is 2.20.